The van der Waals surface area contributed by atoms with Gasteiger partial charge >= 0.3 is 5.97 Å². The van der Waals surface area contributed by atoms with Crippen LogP contribution in [0, 0.1) is 0 Å². The molecule has 0 saturated heterocycles. The van der Waals surface area contributed by atoms with E-state index in [1.165, 1.54) is 12.1 Å². The Morgan fingerprint density at radius 1 is 1.35 bits per heavy atom. The Hall–Kier alpha value is -1.40. The molecule has 0 aliphatic heterocycles. The number of carboxylic acids is 1. The molecule has 1 aliphatic carbocycles. The van der Waals surface area contributed by atoms with Crippen LogP contribution in [0.5, 0.6) is 0 Å². The maximum atomic E-state index is 12.0. The van der Waals surface area contributed by atoms with Crippen LogP contribution in [0.25, 0.3) is 0 Å². The van der Waals surface area contributed by atoms with E-state index in [9.17, 15) is 13.2 Å². The molecular formula is C11H13NO4S. The van der Waals surface area contributed by atoms with Gasteiger partial charge in [-0.15, -0.1) is 0 Å². The molecule has 5 nitrogen and oxygen atoms in total. The molecule has 0 aromatic heterocycles. The quantitative estimate of drug-likeness (QED) is 0.813. The smallest absolute Gasteiger partial charge is 0.307 e. The second-order valence-electron chi connectivity index (χ2n) is 4.07. The fraction of sp³-hybridized carbons (Fsp3) is 0.364. The van der Waals surface area contributed by atoms with Gasteiger partial charge in [0.2, 0.25) is 10.0 Å². The number of hydrogen-bond acceptors (Lipinski definition) is 3. The number of rotatable bonds is 5. The van der Waals surface area contributed by atoms with Crippen molar-refractivity contribution in [3.63, 3.8) is 0 Å². The summed E-state index contributed by atoms with van der Waals surface area (Å²) in [6.45, 7) is 0. The highest BCUT2D eigenvalue weighted by atomic mass is 32.2. The molecule has 0 amide bonds. The van der Waals surface area contributed by atoms with Crippen molar-refractivity contribution in [2.24, 2.45) is 0 Å². The number of benzene rings is 1. The second-order valence-corrected chi connectivity index (χ2v) is 5.76. The summed E-state index contributed by atoms with van der Waals surface area (Å²) in [6, 6.07) is 6.19. The number of carboxylic acid groups (broad SMARTS) is 1. The number of hydrogen-bond donors (Lipinski definition) is 2. The molecule has 1 saturated carbocycles. The van der Waals surface area contributed by atoms with Gasteiger partial charge in [-0.3, -0.25) is 4.79 Å². The summed E-state index contributed by atoms with van der Waals surface area (Å²) < 4.78 is 26.5. The lowest BCUT2D eigenvalue weighted by atomic mass is 10.1. The molecule has 2 N–H and O–H groups in total. The lowest BCUT2D eigenvalue weighted by molar-refractivity contribution is -0.136. The number of nitrogens with one attached hydrogen (secondary N) is 1. The molecule has 0 radical (unpaired) electrons. The molecule has 0 spiro atoms. The Bertz CT molecular complexity index is 534. The third-order valence-corrected chi connectivity index (χ3v) is 4.12. The Morgan fingerprint density at radius 3 is 2.59 bits per heavy atom. The lowest BCUT2D eigenvalue weighted by Gasteiger charge is -2.09. The first-order valence-electron chi connectivity index (χ1n) is 5.31. The zero-order valence-electron chi connectivity index (χ0n) is 9.09. The summed E-state index contributed by atoms with van der Waals surface area (Å²) in [4.78, 5) is 10.7. The van der Waals surface area contributed by atoms with E-state index in [1.807, 2.05) is 0 Å². The van der Waals surface area contributed by atoms with Gasteiger partial charge in [0.05, 0.1) is 11.3 Å². The van der Waals surface area contributed by atoms with Crippen LogP contribution < -0.4 is 4.72 Å². The molecule has 0 atom stereocenters. The average Bonchev–Trinajstić information content (AvgIpc) is 3.00. The third-order valence-electron chi connectivity index (χ3n) is 2.50. The van der Waals surface area contributed by atoms with E-state index in [1.54, 1.807) is 12.1 Å². The van der Waals surface area contributed by atoms with E-state index in [2.05, 4.69) is 4.72 Å². The summed E-state index contributed by atoms with van der Waals surface area (Å²) in [6.07, 6.45) is 1.41. The van der Waals surface area contributed by atoms with Gasteiger partial charge in [0, 0.05) is 6.04 Å². The van der Waals surface area contributed by atoms with Gasteiger partial charge in [-0.1, -0.05) is 18.2 Å². The molecule has 6 heteroatoms. The SMILES string of the molecule is O=C(O)Cc1ccccc1S(=O)(=O)NC1CC1. The maximum Gasteiger partial charge on any atom is 0.307 e. The first-order valence-corrected chi connectivity index (χ1v) is 6.79. The largest absolute Gasteiger partial charge is 0.481 e. The van der Waals surface area contributed by atoms with E-state index in [4.69, 9.17) is 5.11 Å². The highest BCUT2D eigenvalue weighted by molar-refractivity contribution is 7.89. The van der Waals surface area contributed by atoms with Crippen molar-refractivity contribution in [3.05, 3.63) is 29.8 Å². The minimum atomic E-state index is -3.59. The summed E-state index contributed by atoms with van der Waals surface area (Å²) in [7, 11) is -3.59. The van der Waals surface area contributed by atoms with Crippen molar-refractivity contribution in [2.75, 3.05) is 0 Å². The van der Waals surface area contributed by atoms with Crippen LogP contribution in [-0.2, 0) is 21.2 Å². The Kier molecular flexibility index (Phi) is 3.17. The van der Waals surface area contributed by atoms with Crippen LogP contribution in [-0.4, -0.2) is 25.5 Å². The molecule has 1 fully saturated rings. The zero-order valence-corrected chi connectivity index (χ0v) is 9.90. The number of sulfonamides is 1. The molecule has 92 valence electrons. The Balaban J connectivity index is 2.32. The predicted molar refractivity (Wildman–Crippen MR) is 61.1 cm³/mol. The van der Waals surface area contributed by atoms with Crippen molar-refractivity contribution < 1.29 is 18.3 Å². The van der Waals surface area contributed by atoms with Crippen molar-refractivity contribution in [2.45, 2.75) is 30.2 Å². The van der Waals surface area contributed by atoms with Crippen LogP contribution in [0.2, 0.25) is 0 Å². The molecule has 1 aromatic rings. The standard InChI is InChI=1S/C11H13NO4S/c13-11(14)7-8-3-1-2-4-10(8)17(15,16)12-9-5-6-9/h1-4,9,12H,5-7H2,(H,13,14). The average molecular weight is 255 g/mol. The van der Waals surface area contributed by atoms with Gasteiger partial charge in [0.1, 0.15) is 0 Å². The van der Waals surface area contributed by atoms with E-state index >= 15 is 0 Å². The lowest BCUT2D eigenvalue weighted by Crippen LogP contribution is -2.27. The third kappa shape index (κ3) is 3.04. The van der Waals surface area contributed by atoms with Crippen molar-refractivity contribution in [1.29, 1.82) is 0 Å². The Labute approximate surface area is 99.5 Å². The van der Waals surface area contributed by atoms with Gasteiger partial charge in [-0.2, -0.15) is 0 Å². The minimum Gasteiger partial charge on any atom is -0.481 e. The molecule has 0 bridgehead atoms. The fourth-order valence-corrected chi connectivity index (χ4v) is 3.10. The van der Waals surface area contributed by atoms with Crippen molar-refractivity contribution in [1.82, 2.24) is 4.72 Å². The number of aliphatic carboxylic acids is 1. The normalized spacial score (nSPS) is 15.8. The van der Waals surface area contributed by atoms with Gasteiger partial charge in [-0.25, -0.2) is 13.1 Å². The first-order chi connectivity index (χ1) is 7.99. The highest BCUT2D eigenvalue weighted by Gasteiger charge is 2.29. The van der Waals surface area contributed by atoms with E-state index in [0.29, 0.717) is 5.56 Å². The van der Waals surface area contributed by atoms with Crippen LogP contribution in [0.3, 0.4) is 0 Å². The number of carbonyl (C=O) groups is 1. The van der Waals surface area contributed by atoms with Gasteiger partial charge in [-0.05, 0) is 24.5 Å². The van der Waals surface area contributed by atoms with Crippen LogP contribution in [0.15, 0.2) is 29.2 Å². The van der Waals surface area contributed by atoms with Crippen LogP contribution in [0.1, 0.15) is 18.4 Å². The molecular weight excluding hydrogens is 242 g/mol. The van der Waals surface area contributed by atoms with Crippen LogP contribution in [0.4, 0.5) is 0 Å². The summed E-state index contributed by atoms with van der Waals surface area (Å²) in [5.74, 6) is -1.04. The van der Waals surface area contributed by atoms with E-state index in [-0.39, 0.29) is 17.4 Å². The Morgan fingerprint density at radius 2 is 2.00 bits per heavy atom. The highest BCUT2D eigenvalue weighted by Crippen LogP contribution is 2.23. The molecule has 1 aliphatic rings. The van der Waals surface area contributed by atoms with Gasteiger partial charge in [0.15, 0.2) is 0 Å². The zero-order chi connectivity index (χ0) is 12.5. The monoisotopic (exact) mass is 255 g/mol. The summed E-state index contributed by atoms with van der Waals surface area (Å²) >= 11 is 0. The molecule has 17 heavy (non-hydrogen) atoms. The van der Waals surface area contributed by atoms with Gasteiger partial charge in [0.25, 0.3) is 0 Å². The maximum absolute atomic E-state index is 12.0. The predicted octanol–water partition coefficient (Wildman–Crippen LogP) is 0.754. The van der Waals surface area contributed by atoms with E-state index in [0.717, 1.165) is 12.8 Å². The van der Waals surface area contributed by atoms with Crippen molar-refractivity contribution in [3.8, 4) is 0 Å². The topological polar surface area (TPSA) is 83.5 Å². The molecule has 1 aromatic carbocycles. The van der Waals surface area contributed by atoms with Gasteiger partial charge < -0.3 is 5.11 Å². The van der Waals surface area contributed by atoms with Crippen LogP contribution >= 0.6 is 0 Å². The second kappa shape index (κ2) is 4.46. The fourth-order valence-electron chi connectivity index (χ4n) is 1.56. The van der Waals surface area contributed by atoms with E-state index < -0.39 is 16.0 Å². The molecule has 2 rings (SSSR count). The summed E-state index contributed by atoms with van der Waals surface area (Å²) in [5, 5.41) is 8.74. The first kappa shape index (κ1) is 12.1. The molecule has 0 unspecified atom stereocenters. The molecule has 0 heterocycles. The van der Waals surface area contributed by atoms with Crippen molar-refractivity contribution >= 4 is 16.0 Å². The minimum absolute atomic E-state index is 0.0119. The summed E-state index contributed by atoms with van der Waals surface area (Å²) in [5.41, 5.74) is 0.313.